The number of guanidine groups is 1. The zero-order valence-corrected chi connectivity index (χ0v) is 17.3. The lowest BCUT2D eigenvalue weighted by Gasteiger charge is -2.33. The van der Waals surface area contributed by atoms with Crippen LogP contribution >= 0.6 is 15.9 Å². The lowest BCUT2D eigenvalue weighted by molar-refractivity contribution is 0.155. The van der Waals surface area contributed by atoms with E-state index in [9.17, 15) is 4.39 Å². The van der Waals surface area contributed by atoms with E-state index in [1.54, 1.807) is 13.2 Å². The molecule has 7 heteroatoms. The van der Waals surface area contributed by atoms with Crippen LogP contribution in [0.2, 0.25) is 0 Å². The van der Waals surface area contributed by atoms with Crippen LogP contribution in [0.4, 0.5) is 4.39 Å². The van der Waals surface area contributed by atoms with E-state index in [4.69, 9.17) is 4.74 Å². The van der Waals surface area contributed by atoms with Crippen LogP contribution in [0.15, 0.2) is 27.7 Å². The van der Waals surface area contributed by atoms with Crippen LogP contribution in [0.3, 0.4) is 0 Å². The van der Waals surface area contributed by atoms with Crippen molar-refractivity contribution >= 4 is 21.9 Å². The van der Waals surface area contributed by atoms with E-state index in [1.807, 2.05) is 13.0 Å². The number of hydrogen-bond donors (Lipinski definition) is 2. The summed E-state index contributed by atoms with van der Waals surface area (Å²) in [6.45, 7) is 7.23. The number of rotatable bonds is 8. The maximum Gasteiger partial charge on any atom is 0.191 e. The molecule has 0 saturated carbocycles. The van der Waals surface area contributed by atoms with Crippen molar-refractivity contribution in [3.05, 3.63) is 34.1 Å². The third kappa shape index (κ3) is 7.21. The van der Waals surface area contributed by atoms with Crippen molar-refractivity contribution in [1.29, 1.82) is 0 Å². The first kappa shape index (κ1) is 21.1. The van der Waals surface area contributed by atoms with Crippen LogP contribution < -0.4 is 10.6 Å². The van der Waals surface area contributed by atoms with Gasteiger partial charge >= 0.3 is 0 Å². The van der Waals surface area contributed by atoms with Crippen molar-refractivity contribution in [3.8, 4) is 0 Å². The summed E-state index contributed by atoms with van der Waals surface area (Å²) in [5, 5.41) is 6.76. The van der Waals surface area contributed by atoms with Crippen LogP contribution in [-0.2, 0) is 11.3 Å². The van der Waals surface area contributed by atoms with Crippen LogP contribution in [-0.4, -0.2) is 56.8 Å². The molecule has 1 aromatic carbocycles. The van der Waals surface area contributed by atoms with Gasteiger partial charge in [0.1, 0.15) is 5.82 Å². The molecule has 0 atom stereocenters. The van der Waals surface area contributed by atoms with Gasteiger partial charge in [0.15, 0.2) is 5.96 Å². The summed E-state index contributed by atoms with van der Waals surface area (Å²) < 4.78 is 19.8. The van der Waals surface area contributed by atoms with Crippen molar-refractivity contribution in [2.75, 3.05) is 39.9 Å². The quantitative estimate of drug-likeness (QED) is 0.379. The Labute approximate surface area is 164 Å². The normalized spacial score (nSPS) is 16.7. The maximum atomic E-state index is 14.0. The molecule has 2 rings (SSSR count). The van der Waals surface area contributed by atoms with Gasteiger partial charge in [-0.3, -0.25) is 0 Å². The van der Waals surface area contributed by atoms with Gasteiger partial charge in [-0.1, -0.05) is 22.0 Å². The van der Waals surface area contributed by atoms with Gasteiger partial charge in [-0.15, -0.1) is 0 Å². The Bertz CT molecular complexity index is 577. The maximum absolute atomic E-state index is 14.0. The number of piperidine rings is 1. The number of aliphatic imine (C=N–C) groups is 1. The number of nitrogens with one attached hydrogen (secondary N) is 2. The molecule has 1 aromatic rings. The van der Waals surface area contributed by atoms with Crippen LogP contribution in [0, 0.1) is 5.82 Å². The van der Waals surface area contributed by atoms with Crippen molar-refractivity contribution in [2.45, 2.75) is 38.8 Å². The summed E-state index contributed by atoms with van der Waals surface area (Å²) in [6.07, 6.45) is 3.26. The third-order valence-electron chi connectivity index (χ3n) is 4.52. The van der Waals surface area contributed by atoms with Gasteiger partial charge < -0.3 is 20.3 Å². The predicted octanol–water partition coefficient (Wildman–Crippen LogP) is 3.14. The minimum atomic E-state index is -0.233. The first-order valence-electron chi connectivity index (χ1n) is 9.32. The van der Waals surface area contributed by atoms with E-state index in [2.05, 4.69) is 36.5 Å². The topological polar surface area (TPSA) is 48.9 Å². The molecule has 0 spiro atoms. The molecule has 26 heavy (non-hydrogen) atoms. The number of halogens is 2. The molecule has 0 radical (unpaired) electrons. The fourth-order valence-electron chi connectivity index (χ4n) is 3.06. The summed E-state index contributed by atoms with van der Waals surface area (Å²) in [7, 11) is 1.75. The summed E-state index contributed by atoms with van der Waals surface area (Å²) in [6, 6.07) is 5.49. The second-order valence-corrected chi connectivity index (χ2v) is 7.45. The number of benzene rings is 1. The van der Waals surface area contributed by atoms with Crippen LogP contribution in [0.25, 0.3) is 0 Å². The summed E-state index contributed by atoms with van der Waals surface area (Å²) >= 11 is 3.28. The molecule has 1 fully saturated rings. The highest BCUT2D eigenvalue weighted by molar-refractivity contribution is 9.10. The van der Waals surface area contributed by atoms with E-state index in [-0.39, 0.29) is 5.82 Å². The number of hydrogen-bond acceptors (Lipinski definition) is 3. The molecule has 146 valence electrons. The minimum Gasteiger partial charge on any atom is -0.385 e. The molecule has 1 heterocycles. The van der Waals surface area contributed by atoms with E-state index in [0.29, 0.717) is 18.2 Å². The first-order chi connectivity index (χ1) is 12.6. The highest BCUT2D eigenvalue weighted by Crippen LogP contribution is 2.16. The van der Waals surface area contributed by atoms with Crippen molar-refractivity contribution in [2.24, 2.45) is 4.99 Å². The Kier molecular flexibility index (Phi) is 9.36. The molecule has 0 bridgehead atoms. The number of methoxy groups -OCH3 is 1. The lowest BCUT2D eigenvalue weighted by Crippen LogP contribution is -2.48. The SMILES string of the molecule is CCNC(=NCc1ccc(Br)cc1F)NC1CCN(CCCOC)CC1. The standard InChI is InChI=1S/C19H30BrFN4O/c1-3-22-19(23-14-15-5-6-16(20)13-18(15)21)24-17-7-10-25(11-8-17)9-4-12-26-2/h5-6,13,17H,3-4,7-12,14H2,1-2H3,(H2,22,23,24). The van der Waals surface area contributed by atoms with Gasteiger partial charge in [0.25, 0.3) is 0 Å². The zero-order valence-electron chi connectivity index (χ0n) is 15.7. The molecular formula is C19H30BrFN4O. The van der Waals surface area contributed by atoms with Gasteiger partial charge in [0.05, 0.1) is 6.54 Å². The average molecular weight is 429 g/mol. The summed E-state index contributed by atoms with van der Waals surface area (Å²) in [5.74, 6) is 0.524. The van der Waals surface area contributed by atoms with Crippen molar-refractivity contribution < 1.29 is 9.13 Å². The Morgan fingerprint density at radius 1 is 1.38 bits per heavy atom. The smallest absolute Gasteiger partial charge is 0.191 e. The average Bonchev–Trinajstić information content (AvgIpc) is 2.62. The summed E-state index contributed by atoms with van der Waals surface area (Å²) in [5.41, 5.74) is 0.596. The van der Waals surface area contributed by atoms with Gasteiger partial charge in [-0.25, -0.2) is 9.38 Å². The predicted molar refractivity (Wildman–Crippen MR) is 108 cm³/mol. The van der Waals surface area contributed by atoms with Gasteiger partial charge in [0, 0.05) is 56.0 Å². The third-order valence-corrected chi connectivity index (χ3v) is 5.01. The Morgan fingerprint density at radius 2 is 2.15 bits per heavy atom. The largest absolute Gasteiger partial charge is 0.385 e. The van der Waals surface area contributed by atoms with Crippen molar-refractivity contribution in [1.82, 2.24) is 15.5 Å². The van der Waals surface area contributed by atoms with E-state index in [0.717, 1.165) is 62.5 Å². The highest BCUT2D eigenvalue weighted by atomic mass is 79.9. The molecule has 1 aliphatic heterocycles. The fraction of sp³-hybridized carbons (Fsp3) is 0.632. The van der Waals surface area contributed by atoms with Gasteiger partial charge in [-0.2, -0.15) is 0 Å². The molecule has 1 aliphatic rings. The summed E-state index contributed by atoms with van der Waals surface area (Å²) in [4.78, 5) is 7.04. The molecule has 0 aromatic heterocycles. The number of nitrogens with zero attached hydrogens (tertiary/aromatic N) is 2. The Morgan fingerprint density at radius 3 is 2.81 bits per heavy atom. The fourth-order valence-corrected chi connectivity index (χ4v) is 3.39. The first-order valence-corrected chi connectivity index (χ1v) is 10.1. The zero-order chi connectivity index (χ0) is 18.8. The molecule has 0 unspecified atom stereocenters. The Balaban J connectivity index is 1.84. The molecule has 0 amide bonds. The molecule has 1 saturated heterocycles. The molecule has 5 nitrogen and oxygen atoms in total. The van der Waals surface area contributed by atoms with Gasteiger partial charge in [-0.05, 0) is 38.3 Å². The van der Waals surface area contributed by atoms with E-state index in [1.165, 1.54) is 6.07 Å². The van der Waals surface area contributed by atoms with Crippen molar-refractivity contribution in [3.63, 3.8) is 0 Å². The monoisotopic (exact) mass is 428 g/mol. The van der Waals surface area contributed by atoms with Gasteiger partial charge in [0.2, 0.25) is 0 Å². The van der Waals surface area contributed by atoms with E-state index < -0.39 is 0 Å². The Hall–Kier alpha value is -1.18. The number of ether oxygens (including phenoxy) is 1. The highest BCUT2D eigenvalue weighted by Gasteiger charge is 2.19. The number of likely N-dealkylation sites (tertiary alicyclic amines) is 1. The molecule has 2 N–H and O–H groups in total. The minimum absolute atomic E-state index is 0.233. The second-order valence-electron chi connectivity index (χ2n) is 6.54. The van der Waals surface area contributed by atoms with Crippen LogP contribution in [0.5, 0.6) is 0 Å². The molecular weight excluding hydrogens is 399 g/mol. The lowest BCUT2D eigenvalue weighted by atomic mass is 10.1. The van der Waals surface area contributed by atoms with Crippen LogP contribution in [0.1, 0.15) is 31.7 Å². The second kappa shape index (κ2) is 11.5. The molecule has 0 aliphatic carbocycles. The van der Waals surface area contributed by atoms with E-state index >= 15 is 0 Å².